The monoisotopic (exact) mass is 430 g/mol. The van der Waals surface area contributed by atoms with Gasteiger partial charge < -0.3 is 4.57 Å². The molecule has 1 heterocycles. The summed E-state index contributed by atoms with van der Waals surface area (Å²) in [6, 6.07) is 14.5. The Hall–Kier alpha value is -2.98. The summed E-state index contributed by atoms with van der Waals surface area (Å²) in [5.74, 6) is 0.578. The second kappa shape index (κ2) is 9.01. The van der Waals surface area contributed by atoms with Crippen LogP contribution in [0.5, 0.6) is 0 Å². The zero-order valence-corrected chi connectivity index (χ0v) is 17.0. The first-order valence-electron chi connectivity index (χ1n) is 8.57. The fourth-order valence-electron chi connectivity index (χ4n) is 2.59. The Kier molecular flexibility index (Phi) is 6.45. The van der Waals surface area contributed by atoms with Crippen molar-refractivity contribution in [3.8, 4) is 0 Å². The van der Waals surface area contributed by atoms with Crippen molar-refractivity contribution in [2.75, 3.05) is 0 Å². The summed E-state index contributed by atoms with van der Waals surface area (Å²) in [6.07, 6.45) is 1.65. The van der Waals surface area contributed by atoms with E-state index in [4.69, 9.17) is 0 Å². The van der Waals surface area contributed by atoms with E-state index in [2.05, 4.69) is 16.8 Å². The largest absolute Gasteiger partial charge is 0.301 e. The van der Waals surface area contributed by atoms with Crippen molar-refractivity contribution in [3.05, 3.63) is 88.8 Å². The lowest BCUT2D eigenvalue weighted by atomic mass is 10.2. The SMILES string of the molecule is C=CCn1c(CS(=O)(=O)c2ccccc2)nnc1SCc1ccc([N+](=O)[O-])cc1. The van der Waals surface area contributed by atoms with E-state index in [1.54, 1.807) is 53.1 Å². The van der Waals surface area contributed by atoms with Crippen LogP contribution >= 0.6 is 11.8 Å². The molecule has 0 bridgehead atoms. The van der Waals surface area contributed by atoms with E-state index < -0.39 is 14.8 Å². The number of sulfone groups is 1. The van der Waals surface area contributed by atoms with E-state index >= 15 is 0 Å². The van der Waals surface area contributed by atoms with Gasteiger partial charge in [0.2, 0.25) is 0 Å². The smallest absolute Gasteiger partial charge is 0.269 e. The number of thioether (sulfide) groups is 1. The van der Waals surface area contributed by atoms with Crippen LogP contribution in [0.4, 0.5) is 5.69 Å². The van der Waals surface area contributed by atoms with Gasteiger partial charge in [-0.15, -0.1) is 16.8 Å². The standard InChI is InChI=1S/C19H18N4O4S2/c1-2-12-22-18(14-29(26,27)17-6-4-3-5-7-17)20-21-19(22)28-13-15-8-10-16(11-9-15)23(24)25/h2-11H,1,12-14H2. The second-order valence-corrected chi connectivity index (χ2v) is 9.01. The van der Waals surface area contributed by atoms with E-state index in [0.717, 1.165) is 5.56 Å². The van der Waals surface area contributed by atoms with Crippen molar-refractivity contribution in [2.45, 2.75) is 28.1 Å². The van der Waals surface area contributed by atoms with Gasteiger partial charge in [0, 0.05) is 24.4 Å². The van der Waals surface area contributed by atoms with E-state index in [1.165, 1.54) is 23.9 Å². The first-order chi connectivity index (χ1) is 13.9. The molecule has 3 rings (SSSR count). The van der Waals surface area contributed by atoms with E-state index in [9.17, 15) is 18.5 Å². The second-order valence-electron chi connectivity index (χ2n) is 6.08. The average Bonchev–Trinajstić information content (AvgIpc) is 3.08. The molecule has 29 heavy (non-hydrogen) atoms. The molecule has 10 heteroatoms. The summed E-state index contributed by atoms with van der Waals surface area (Å²) in [5.41, 5.74) is 0.911. The fraction of sp³-hybridized carbons (Fsp3) is 0.158. The minimum atomic E-state index is -3.55. The zero-order chi connectivity index (χ0) is 20.9. The van der Waals surface area contributed by atoms with Crippen LogP contribution in [0.15, 0.2) is 77.3 Å². The Balaban J connectivity index is 1.78. The van der Waals surface area contributed by atoms with Gasteiger partial charge in [0.15, 0.2) is 15.0 Å². The van der Waals surface area contributed by atoms with Crippen LogP contribution in [-0.2, 0) is 27.9 Å². The van der Waals surface area contributed by atoms with Crippen molar-refractivity contribution in [1.29, 1.82) is 0 Å². The molecule has 0 N–H and O–H groups in total. The van der Waals surface area contributed by atoms with Crippen molar-refractivity contribution >= 4 is 27.3 Å². The minimum Gasteiger partial charge on any atom is -0.301 e. The zero-order valence-electron chi connectivity index (χ0n) is 15.3. The molecule has 0 saturated heterocycles. The molecular weight excluding hydrogens is 412 g/mol. The molecule has 0 atom stereocenters. The average molecular weight is 431 g/mol. The van der Waals surface area contributed by atoms with Crippen LogP contribution in [0.1, 0.15) is 11.4 Å². The van der Waals surface area contributed by atoms with Gasteiger partial charge in [-0.05, 0) is 17.7 Å². The molecule has 0 aliphatic rings. The quantitative estimate of drug-likeness (QED) is 0.221. The summed E-state index contributed by atoms with van der Waals surface area (Å²) in [5, 5.41) is 19.5. The molecule has 3 aromatic rings. The molecule has 0 radical (unpaired) electrons. The van der Waals surface area contributed by atoms with E-state index in [1.807, 2.05) is 0 Å². The molecule has 0 saturated carbocycles. The van der Waals surface area contributed by atoms with Crippen molar-refractivity contribution in [3.63, 3.8) is 0 Å². The molecular formula is C19H18N4O4S2. The summed E-state index contributed by atoms with van der Waals surface area (Å²) < 4.78 is 27.0. The number of hydrogen-bond acceptors (Lipinski definition) is 7. The topological polar surface area (TPSA) is 108 Å². The normalized spacial score (nSPS) is 11.3. The van der Waals surface area contributed by atoms with Crippen molar-refractivity contribution < 1.29 is 13.3 Å². The lowest BCUT2D eigenvalue weighted by Crippen LogP contribution is -2.11. The van der Waals surface area contributed by atoms with Crippen LogP contribution in [0.25, 0.3) is 0 Å². The molecule has 1 aromatic heterocycles. The summed E-state index contributed by atoms with van der Waals surface area (Å²) in [4.78, 5) is 10.5. The summed E-state index contributed by atoms with van der Waals surface area (Å²) in [7, 11) is -3.55. The maximum absolute atomic E-state index is 12.7. The first kappa shape index (κ1) is 20.7. The van der Waals surface area contributed by atoms with Crippen LogP contribution in [0.2, 0.25) is 0 Å². The highest BCUT2D eigenvalue weighted by Gasteiger charge is 2.21. The number of rotatable bonds is 9. The Bertz CT molecular complexity index is 1110. The maximum atomic E-state index is 12.7. The lowest BCUT2D eigenvalue weighted by molar-refractivity contribution is -0.384. The van der Waals surface area contributed by atoms with Gasteiger partial charge in [-0.25, -0.2) is 8.42 Å². The Morgan fingerprint density at radius 1 is 1.10 bits per heavy atom. The molecule has 0 fully saturated rings. The molecule has 2 aromatic carbocycles. The number of nitro benzene ring substituents is 1. The number of non-ortho nitro benzene ring substituents is 1. The van der Waals surface area contributed by atoms with E-state index in [0.29, 0.717) is 23.3 Å². The number of nitrogens with zero attached hydrogens (tertiary/aromatic N) is 4. The lowest BCUT2D eigenvalue weighted by Gasteiger charge is -2.08. The summed E-state index contributed by atoms with van der Waals surface area (Å²) >= 11 is 1.37. The number of benzene rings is 2. The van der Waals surface area contributed by atoms with Gasteiger partial charge in [0.05, 0.1) is 9.82 Å². The number of allylic oxidation sites excluding steroid dienone is 1. The number of hydrogen-bond donors (Lipinski definition) is 0. The van der Waals surface area contributed by atoms with Gasteiger partial charge in [0.25, 0.3) is 5.69 Å². The molecule has 0 aliphatic heterocycles. The van der Waals surface area contributed by atoms with Gasteiger partial charge in [-0.3, -0.25) is 10.1 Å². The third-order valence-electron chi connectivity index (χ3n) is 4.04. The highest BCUT2D eigenvalue weighted by Crippen LogP contribution is 2.25. The van der Waals surface area contributed by atoms with Gasteiger partial charge in [0.1, 0.15) is 11.6 Å². The molecule has 0 aliphatic carbocycles. The molecule has 0 unspecified atom stereocenters. The predicted molar refractivity (Wildman–Crippen MR) is 110 cm³/mol. The summed E-state index contributed by atoms with van der Waals surface area (Å²) in [6.45, 7) is 4.09. The predicted octanol–water partition coefficient (Wildman–Crippen LogP) is 3.64. The molecule has 0 amide bonds. The van der Waals surface area contributed by atoms with Crippen molar-refractivity contribution in [2.24, 2.45) is 0 Å². The van der Waals surface area contributed by atoms with Gasteiger partial charge in [-0.1, -0.05) is 48.2 Å². The van der Waals surface area contributed by atoms with Crippen LogP contribution in [-0.4, -0.2) is 28.1 Å². The van der Waals surface area contributed by atoms with Gasteiger partial charge in [-0.2, -0.15) is 0 Å². The van der Waals surface area contributed by atoms with Crippen LogP contribution in [0.3, 0.4) is 0 Å². The highest BCUT2D eigenvalue weighted by molar-refractivity contribution is 7.98. The Labute approximate surface area is 172 Å². The molecule has 0 spiro atoms. The van der Waals surface area contributed by atoms with Crippen molar-refractivity contribution in [1.82, 2.24) is 14.8 Å². The fourth-order valence-corrected chi connectivity index (χ4v) is 4.80. The van der Waals surface area contributed by atoms with E-state index in [-0.39, 0.29) is 16.3 Å². The minimum absolute atomic E-state index is 0.0296. The highest BCUT2D eigenvalue weighted by atomic mass is 32.2. The third kappa shape index (κ3) is 5.09. The first-order valence-corrected chi connectivity index (χ1v) is 11.2. The van der Waals surface area contributed by atoms with Crippen LogP contribution < -0.4 is 0 Å². The maximum Gasteiger partial charge on any atom is 0.269 e. The Morgan fingerprint density at radius 2 is 1.79 bits per heavy atom. The number of nitro groups is 1. The van der Waals surface area contributed by atoms with Crippen LogP contribution in [0, 0.1) is 10.1 Å². The Morgan fingerprint density at radius 3 is 2.41 bits per heavy atom. The van der Waals surface area contributed by atoms with Gasteiger partial charge >= 0.3 is 0 Å². The molecule has 150 valence electrons. The third-order valence-corrected chi connectivity index (χ3v) is 6.71. The number of aromatic nitrogens is 3. The molecule has 8 nitrogen and oxygen atoms in total.